The fraction of sp³-hybridized carbons (Fsp3) is 0.0952. The molecule has 0 aromatic heterocycles. The Morgan fingerprint density at radius 3 is 1.84 bits per heavy atom. The topological polar surface area (TPSA) is 54.4 Å². The molecule has 25 heavy (non-hydrogen) atoms. The molecule has 0 spiro atoms. The van der Waals surface area contributed by atoms with Crippen LogP contribution in [0.3, 0.4) is 0 Å². The van der Waals surface area contributed by atoms with Crippen LogP contribution >= 0.6 is 7.37 Å². The molecule has 0 aliphatic carbocycles. The summed E-state index contributed by atoms with van der Waals surface area (Å²) >= 11 is 0. The molecular formula is C21H19O3P. The number of hydrogen-bond acceptors (Lipinski definition) is 2. The van der Waals surface area contributed by atoms with Crippen molar-refractivity contribution in [3.8, 4) is 0 Å². The van der Waals surface area contributed by atoms with Gasteiger partial charge in [0.25, 0.3) is 0 Å². The molecule has 3 nitrogen and oxygen atoms in total. The minimum absolute atomic E-state index is 0.219. The third kappa shape index (κ3) is 3.96. The highest BCUT2D eigenvalue weighted by molar-refractivity contribution is 7.67. The number of benzene rings is 3. The van der Waals surface area contributed by atoms with Crippen LogP contribution in [0.4, 0.5) is 0 Å². The number of hydrogen-bond donors (Lipinski definition) is 1. The van der Waals surface area contributed by atoms with Gasteiger partial charge >= 0.3 is 0 Å². The van der Waals surface area contributed by atoms with Crippen LogP contribution in [-0.2, 0) is 11.0 Å². The molecule has 2 unspecified atom stereocenters. The van der Waals surface area contributed by atoms with Gasteiger partial charge in [-0.25, -0.2) is 0 Å². The Hall–Kier alpha value is -2.48. The molecule has 0 aliphatic heterocycles. The van der Waals surface area contributed by atoms with Gasteiger partial charge in [0.15, 0.2) is 5.78 Å². The summed E-state index contributed by atoms with van der Waals surface area (Å²) in [4.78, 5) is 23.9. The van der Waals surface area contributed by atoms with Gasteiger partial charge in [-0.05, 0) is 24.1 Å². The van der Waals surface area contributed by atoms with Gasteiger partial charge in [0.05, 0.1) is 0 Å². The molecule has 2 atom stereocenters. The van der Waals surface area contributed by atoms with Crippen molar-refractivity contribution in [3.63, 3.8) is 0 Å². The van der Waals surface area contributed by atoms with Gasteiger partial charge in [-0.2, -0.15) is 0 Å². The molecule has 0 amide bonds. The molecule has 126 valence electrons. The second-order valence-corrected chi connectivity index (χ2v) is 8.28. The molecule has 4 heteroatoms. The van der Waals surface area contributed by atoms with Gasteiger partial charge in [-0.1, -0.05) is 78.9 Å². The molecule has 0 saturated heterocycles. The lowest BCUT2D eigenvalue weighted by Crippen LogP contribution is -2.28. The Morgan fingerprint density at radius 2 is 1.28 bits per heavy atom. The average molecular weight is 350 g/mol. The number of rotatable bonds is 6. The van der Waals surface area contributed by atoms with E-state index in [-0.39, 0.29) is 12.2 Å². The van der Waals surface area contributed by atoms with E-state index in [1.807, 2.05) is 36.4 Å². The van der Waals surface area contributed by atoms with Crippen molar-refractivity contribution >= 4 is 18.5 Å². The smallest absolute Gasteiger partial charge is 0.240 e. The highest BCUT2D eigenvalue weighted by atomic mass is 31.2. The van der Waals surface area contributed by atoms with E-state index >= 15 is 0 Å². The number of ketones is 1. The van der Waals surface area contributed by atoms with Crippen molar-refractivity contribution in [2.24, 2.45) is 0 Å². The fourth-order valence-electron chi connectivity index (χ4n) is 2.83. The largest absolute Gasteiger partial charge is 0.341 e. The van der Waals surface area contributed by atoms with Gasteiger partial charge in [0.1, 0.15) is 5.66 Å². The lowest BCUT2D eigenvalue weighted by Gasteiger charge is -2.22. The number of carbonyl (C=O) groups is 1. The summed E-state index contributed by atoms with van der Waals surface area (Å²) in [6, 6.07) is 26.5. The van der Waals surface area contributed by atoms with E-state index in [9.17, 15) is 14.3 Å². The van der Waals surface area contributed by atoms with Gasteiger partial charge in [-0.3, -0.25) is 9.36 Å². The summed E-state index contributed by atoms with van der Waals surface area (Å²) in [5.74, 6) is -0.306. The SMILES string of the molecule is O=C(c1ccccc1)C(Cc1ccccc1)P(=O)(O)c1ccccc1. The Balaban J connectivity index is 2.03. The van der Waals surface area contributed by atoms with Crippen LogP contribution in [0.25, 0.3) is 0 Å². The zero-order valence-electron chi connectivity index (χ0n) is 13.7. The van der Waals surface area contributed by atoms with Gasteiger partial charge in [0, 0.05) is 10.9 Å². The maximum absolute atomic E-state index is 13.3. The Morgan fingerprint density at radius 1 is 0.800 bits per heavy atom. The molecule has 0 radical (unpaired) electrons. The van der Waals surface area contributed by atoms with E-state index in [1.165, 1.54) is 0 Å². The molecule has 0 saturated carbocycles. The summed E-state index contributed by atoms with van der Waals surface area (Å²) in [5.41, 5.74) is 0.301. The second-order valence-electron chi connectivity index (χ2n) is 5.89. The summed E-state index contributed by atoms with van der Waals surface area (Å²) in [6.07, 6.45) is 0.219. The standard InChI is InChI=1S/C21H19O3P/c22-21(18-12-6-2-7-13-18)20(16-17-10-4-1-5-11-17)25(23,24)19-14-8-3-9-15-19/h1-15,20H,16H2,(H,23,24). The van der Waals surface area contributed by atoms with Crippen molar-refractivity contribution in [3.05, 3.63) is 102 Å². The number of carbonyl (C=O) groups excluding carboxylic acids is 1. The fourth-order valence-corrected chi connectivity index (χ4v) is 4.71. The predicted octanol–water partition coefficient (Wildman–Crippen LogP) is 4.08. The molecule has 3 rings (SSSR count). The third-order valence-electron chi connectivity index (χ3n) is 4.18. The normalized spacial score (nSPS) is 14.4. The zero-order valence-corrected chi connectivity index (χ0v) is 14.6. The average Bonchev–Trinajstić information content (AvgIpc) is 2.67. The second kappa shape index (κ2) is 7.60. The third-order valence-corrected chi connectivity index (χ3v) is 6.48. The van der Waals surface area contributed by atoms with Crippen LogP contribution in [0.2, 0.25) is 0 Å². The van der Waals surface area contributed by atoms with E-state index in [0.29, 0.717) is 10.9 Å². The van der Waals surface area contributed by atoms with E-state index in [0.717, 1.165) is 5.56 Å². The molecule has 0 fully saturated rings. The first-order chi connectivity index (χ1) is 12.1. The highest BCUT2D eigenvalue weighted by Crippen LogP contribution is 2.47. The van der Waals surface area contributed by atoms with Crippen LogP contribution in [0.5, 0.6) is 0 Å². The molecular weight excluding hydrogens is 331 g/mol. The highest BCUT2D eigenvalue weighted by Gasteiger charge is 2.38. The Labute approximate surface area is 147 Å². The van der Waals surface area contributed by atoms with E-state index in [4.69, 9.17) is 0 Å². The van der Waals surface area contributed by atoms with Gasteiger partial charge in [0.2, 0.25) is 7.37 Å². The summed E-state index contributed by atoms with van der Waals surface area (Å²) < 4.78 is 13.3. The van der Waals surface area contributed by atoms with Crippen LogP contribution in [0.15, 0.2) is 91.0 Å². The monoisotopic (exact) mass is 350 g/mol. The Bertz CT molecular complexity index is 877. The molecule has 3 aromatic rings. The maximum atomic E-state index is 13.3. The minimum atomic E-state index is -3.89. The van der Waals surface area contributed by atoms with Crippen molar-refractivity contribution in [1.82, 2.24) is 0 Å². The Kier molecular flexibility index (Phi) is 5.28. The van der Waals surface area contributed by atoms with Gasteiger partial charge in [-0.15, -0.1) is 0 Å². The van der Waals surface area contributed by atoms with E-state index in [1.54, 1.807) is 54.6 Å². The first-order valence-corrected chi connectivity index (χ1v) is 9.83. The van der Waals surface area contributed by atoms with Crippen LogP contribution in [0, 0.1) is 0 Å². The minimum Gasteiger partial charge on any atom is -0.341 e. The molecule has 0 aliphatic rings. The predicted molar refractivity (Wildman–Crippen MR) is 101 cm³/mol. The lowest BCUT2D eigenvalue weighted by atomic mass is 10.0. The summed E-state index contributed by atoms with van der Waals surface area (Å²) in [7, 11) is -3.89. The first kappa shape index (κ1) is 17.3. The van der Waals surface area contributed by atoms with Crippen molar-refractivity contribution in [2.75, 3.05) is 0 Å². The quantitative estimate of drug-likeness (QED) is 0.538. The zero-order chi connectivity index (χ0) is 17.7. The molecule has 3 aromatic carbocycles. The van der Waals surface area contributed by atoms with E-state index in [2.05, 4.69) is 0 Å². The lowest BCUT2D eigenvalue weighted by molar-refractivity contribution is 0.0983. The molecule has 0 heterocycles. The maximum Gasteiger partial charge on any atom is 0.240 e. The van der Waals surface area contributed by atoms with E-state index < -0.39 is 13.0 Å². The van der Waals surface area contributed by atoms with Gasteiger partial charge < -0.3 is 4.89 Å². The molecule has 0 bridgehead atoms. The van der Waals surface area contributed by atoms with Crippen molar-refractivity contribution in [2.45, 2.75) is 12.1 Å². The first-order valence-electron chi connectivity index (χ1n) is 8.10. The molecule has 1 N–H and O–H groups in total. The van der Waals surface area contributed by atoms with Crippen LogP contribution in [0.1, 0.15) is 15.9 Å². The summed E-state index contributed by atoms with van der Waals surface area (Å²) in [6.45, 7) is 0. The number of Topliss-reactive ketones (excluding diaryl/α,β-unsaturated/α-hetero) is 1. The van der Waals surface area contributed by atoms with Crippen molar-refractivity contribution < 1.29 is 14.3 Å². The summed E-state index contributed by atoms with van der Waals surface area (Å²) in [5, 5.41) is 0.306. The van der Waals surface area contributed by atoms with Crippen molar-refractivity contribution in [1.29, 1.82) is 0 Å². The van der Waals surface area contributed by atoms with Crippen LogP contribution in [-0.4, -0.2) is 16.3 Å². The van der Waals surface area contributed by atoms with Crippen LogP contribution < -0.4 is 5.30 Å².